The number of hydrogen-bond acceptors (Lipinski definition) is 2. The molecule has 2 N–H and O–H groups in total. The van der Waals surface area contributed by atoms with Crippen molar-refractivity contribution in [2.75, 3.05) is 0 Å². The standard InChI is InChI=1S/C12H15F3N2OSi/c1-19(2,3)8-6-9-10(5-4-7-16-9)17-11(18)12(13,14)15/h4-5,7,9,16H,1-3H3,(H,17,18). The molecule has 0 bridgehead atoms. The fourth-order valence-electron chi connectivity index (χ4n) is 1.21. The van der Waals surface area contributed by atoms with Crippen LogP contribution in [0, 0.1) is 11.5 Å². The number of halogens is 3. The van der Waals surface area contributed by atoms with Gasteiger partial charge in [-0.2, -0.15) is 13.2 Å². The number of nitrogens with one attached hydrogen (secondary N) is 2. The highest BCUT2D eigenvalue weighted by atomic mass is 28.3. The molecule has 1 amide bonds. The minimum Gasteiger partial charge on any atom is -0.373 e. The Balaban J connectivity index is 2.84. The van der Waals surface area contributed by atoms with Gasteiger partial charge < -0.3 is 10.6 Å². The quantitative estimate of drug-likeness (QED) is 0.572. The molecule has 7 heteroatoms. The van der Waals surface area contributed by atoms with E-state index in [1.54, 1.807) is 6.20 Å². The van der Waals surface area contributed by atoms with Gasteiger partial charge in [0.25, 0.3) is 0 Å². The molecule has 1 heterocycles. The molecule has 0 aromatic rings. The topological polar surface area (TPSA) is 41.1 Å². The van der Waals surface area contributed by atoms with Crippen molar-refractivity contribution >= 4 is 14.0 Å². The molecule has 0 saturated carbocycles. The zero-order chi connectivity index (χ0) is 14.7. The number of hydrogen-bond donors (Lipinski definition) is 2. The highest BCUT2D eigenvalue weighted by molar-refractivity contribution is 6.83. The Kier molecular flexibility index (Phi) is 4.47. The molecule has 1 aliphatic heterocycles. The van der Waals surface area contributed by atoms with E-state index in [1.807, 2.05) is 25.0 Å². The summed E-state index contributed by atoms with van der Waals surface area (Å²) >= 11 is 0. The zero-order valence-corrected chi connectivity index (χ0v) is 11.9. The third-order valence-electron chi connectivity index (χ3n) is 2.05. The van der Waals surface area contributed by atoms with Crippen LogP contribution in [0.1, 0.15) is 0 Å². The van der Waals surface area contributed by atoms with E-state index in [-0.39, 0.29) is 5.70 Å². The fraction of sp³-hybridized carbons (Fsp3) is 0.417. The molecular formula is C12H15F3N2OSi. The molecule has 0 saturated heterocycles. The Morgan fingerprint density at radius 3 is 2.58 bits per heavy atom. The van der Waals surface area contributed by atoms with Crippen molar-refractivity contribution in [3.63, 3.8) is 0 Å². The zero-order valence-electron chi connectivity index (χ0n) is 10.9. The summed E-state index contributed by atoms with van der Waals surface area (Å²) in [5, 5.41) is 4.66. The van der Waals surface area contributed by atoms with E-state index in [1.165, 1.54) is 12.2 Å². The van der Waals surface area contributed by atoms with Gasteiger partial charge in [-0.15, -0.1) is 5.54 Å². The average Bonchev–Trinajstić information content (AvgIpc) is 2.25. The van der Waals surface area contributed by atoms with Gasteiger partial charge in [0.05, 0.1) is 5.70 Å². The van der Waals surface area contributed by atoms with E-state index < -0.39 is 26.2 Å². The van der Waals surface area contributed by atoms with Crippen LogP contribution in [0.2, 0.25) is 19.6 Å². The Hall–Kier alpha value is -1.68. The molecule has 104 valence electrons. The van der Waals surface area contributed by atoms with Crippen molar-refractivity contribution in [3.05, 3.63) is 24.0 Å². The summed E-state index contributed by atoms with van der Waals surface area (Å²) in [5.41, 5.74) is 3.16. The first-order valence-corrected chi connectivity index (χ1v) is 9.13. The Morgan fingerprint density at radius 1 is 1.42 bits per heavy atom. The van der Waals surface area contributed by atoms with Gasteiger partial charge in [-0.05, 0) is 18.4 Å². The SMILES string of the molecule is C[Si](C)(C)C#CC1NC=CC=C1NC(=O)C(F)(F)F. The van der Waals surface area contributed by atoms with Crippen LogP contribution in [-0.4, -0.2) is 26.2 Å². The minimum atomic E-state index is -4.90. The monoisotopic (exact) mass is 288 g/mol. The van der Waals surface area contributed by atoms with E-state index in [0.717, 1.165) is 0 Å². The normalized spacial score (nSPS) is 18.8. The van der Waals surface area contributed by atoms with Crippen molar-refractivity contribution in [1.29, 1.82) is 0 Å². The van der Waals surface area contributed by atoms with Gasteiger partial charge in [-0.25, -0.2) is 0 Å². The van der Waals surface area contributed by atoms with Crippen molar-refractivity contribution in [2.45, 2.75) is 31.9 Å². The minimum absolute atomic E-state index is 0.107. The van der Waals surface area contributed by atoms with Crippen LogP contribution in [0.25, 0.3) is 0 Å². The lowest BCUT2D eigenvalue weighted by Crippen LogP contribution is -2.43. The molecule has 0 fully saturated rings. The van der Waals surface area contributed by atoms with Crippen molar-refractivity contribution in [1.82, 2.24) is 10.6 Å². The van der Waals surface area contributed by atoms with E-state index in [4.69, 9.17) is 0 Å². The first kappa shape index (κ1) is 15.4. The summed E-state index contributed by atoms with van der Waals surface area (Å²) in [6.45, 7) is 6.07. The van der Waals surface area contributed by atoms with Gasteiger partial charge in [0.15, 0.2) is 0 Å². The lowest BCUT2D eigenvalue weighted by Gasteiger charge is -2.20. The first-order valence-electron chi connectivity index (χ1n) is 5.63. The van der Waals surface area contributed by atoms with Gasteiger partial charge in [-0.3, -0.25) is 4.79 Å². The number of dihydropyridines is 1. The lowest BCUT2D eigenvalue weighted by atomic mass is 10.1. The summed E-state index contributed by atoms with van der Waals surface area (Å²) in [6, 6.07) is -0.622. The lowest BCUT2D eigenvalue weighted by molar-refractivity contribution is -0.172. The highest BCUT2D eigenvalue weighted by Gasteiger charge is 2.39. The van der Waals surface area contributed by atoms with E-state index in [2.05, 4.69) is 16.8 Å². The van der Waals surface area contributed by atoms with E-state index in [0.29, 0.717) is 0 Å². The Bertz CT molecular complexity index is 478. The smallest absolute Gasteiger partial charge is 0.373 e. The molecule has 0 radical (unpaired) electrons. The molecule has 0 aliphatic carbocycles. The highest BCUT2D eigenvalue weighted by Crippen LogP contribution is 2.16. The second-order valence-electron chi connectivity index (χ2n) is 5.05. The van der Waals surface area contributed by atoms with Gasteiger partial charge in [0.2, 0.25) is 0 Å². The predicted molar refractivity (Wildman–Crippen MR) is 69.5 cm³/mol. The van der Waals surface area contributed by atoms with Crippen molar-refractivity contribution in [2.24, 2.45) is 0 Å². The first-order chi connectivity index (χ1) is 8.59. The van der Waals surface area contributed by atoms with Crippen molar-refractivity contribution < 1.29 is 18.0 Å². The summed E-state index contributed by atoms with van der Waals surface area (Å²) < 4.78 is 36.6. The number of amides is 1. The molecule has 1 aliphatic rings. The summed E-state index contributed by atoms with van der Waals surface area (Å²) in [5.74, 6) is 0.877. The van der Waals surface area contributed by atoms with Crippen LogP contribution in [-0.2, 0) is 4.79 Å². The molecule has 0 aromatic carbocycles. The van der Waals surface area contributed by atoms with Gasteiger partial charge in [-0.1, -0.05) is 25.6 Å². The van der Waals surface area contributed by atoms with Crippen molar-refractivity contribution in [3.8, 4) is 11.5 Å². The molecule has 1 rings (SSSR count). The van der Waals surface area contributed by atoms with Gasteiger partial charge in [0, 0.05) is 0 Å². The maximum absolute atomic E-state index is 12.2. The molecule has 1 unspecified atom stereocenters. The summed E-state index contributed by atoms with van der Waals surface area (Å²) in [6.07, 6.45) is -0.409. The van der Waals surface area contributed by atoms with E-state index in [9.17, 15) is 18.0 Å². The molecule has 19 heavy (non-hydrogen) atoms. The molecule has 1 atom stereocenters. The largest absolute Gasteiger partial charge is 0.471 e. The van der Waals surface area contributed by atoms with Crippen LogP contribution in [0.4, 0.5) is 13.2 Å². The Morgan fingerprint density at radius 2 is 2.05 bits per heavy atom. The number of rotatable bonds is 1. The van der Waals surface area contributed by atoms with Gasteiger partial charge in [0.1, 0.15) is 14.1 Å². The fourth-order valence-corrected chi connectivity index (χ4v) is 1.79. The number of allylic oxidation sites excluding steroid dienone is 2. The maximum atomic E-state index is 12.2. The molecule has 0 aromatic heterocycles. The summed E-state index contributed by atoms with van der Waals surface area (Å²) in [7, 11) is -1.63. The number of alkyl halides is 3. The molecule has 3 nitrogen and oxygen atoms in total. The maximum Gasteiger partial charge on any atom is 0.471 e. The second-order valence-corrected chi connectivity index (χ2v) is 9.80. The van der Waals surface area contributed by atoms with Crippen LogP contribution >= 0.6 is 0 Å². The number of carbonyl (C=O) groups excluding carboxylic acids is 1. The Labute approximate surface area is 111 Å². The third-order valence-corrected chi connectivity index (χ3v) is 2.95. The summed E-state index contributed by atoms with van der Waals surface area (Å²) in [4.78, 5) is 10.9. The van der Waals surface area contributed by atoms with Crippen LogP contribution in [0.15, 0.2) is 24.0 Å². The second kappa shape index (κ2) is 5.53. The third kappa shape index (κ3) is 5.22. The van der Waals surface area contributed by atoms with Gasteiger partial charge >= 0.3 is 12.1 Å². The number of carbonyl (C=O) groups is 1. The van der Waals surface area contributed by atoms with Crippen LogP contribution < -0.4 is 10.6 Å². The van der Waals surface area contributed by atoms with Crippen LogP contribution in [0.5, 0.6) is 0 Å². The van der Waals surface area contributed by atoms with Crippen LogP contribution in [0.3, 0.4) is 0 Å². The van der Waals surface area contributed by atoms with E-state index >= 15 is 0 Å². The predicted octanol–water partition coefficient (Wildman–Crippen LogP) is 1.92. The molecular weight excluding hydrogens is 273 g/mol. The molecule has 0 spiro atoms. The average molecular weight is 288 g/mol.